The van der Waals surface area contributed by atoms with Crippen molar-refractivity contribution in [3.05, 3.63) is 42.1 Å². The third-order valence-electron chi connectivity index (χ3n) is 4.38. The third kappa shape index (κ3) is 1.62. The van der Waals surface area contributed by atoms with Crippen molar-refractivity contribution in [3.63, 3.8) is 0 Å². The number of nitrogens with zero attached hydrogens (tertiary/aromatic N) is 3. The maximum Gasteiger partial charge on any atom is 0.236 e. The first-order valence-electron chi connectivity index (χ1n) is 7.22. The Bertz CT molecular complexity index is 896. The van der Waals surface area contributed by atoms with E-state index in [2.05, 4.69) is 15.0 Å². The van der Waals surface area contributed by atoms with E-state index < -0.39 is 5.41 Å². The molecule has 2 aromatic heterocycles. The van der Waals surface area contributed by atoms with E-state index in [1.807, 2.05) is 51.2 Å². The zero-order valence-corrected chi connectivity index (χ0v) is 12.7. The largest absolute Gasteiger partial charge is 0.337 e. The minimum absolute atomic E-state index is 0.111. The van der Waals surface area contributed by atoms with Gasteiger partial charge in [0, 0.05) is 18.9 Å². The van der Waals surface area contributed by atoms with Gasteiger partial charge in [-0.2, -0.15) is 0 Å². The predicted octanol–water partition coefficient (Wildman–Crippen LogP) is 2.88. The molecule has 0 fully saturated rings. The lowest BCUT2D eigenvalue weighted by Gasteiger charge is -2.16. The van der Waals surface area contributed by atoms with Gasteiger partial charge in [-0.05, 0) is 43.7 Å². The monoisotopic (exact) mass is 292 g/mol. The van der Waals surface area contributed by atoms with E-state index in [0.29, 0.717) is 0 Å². The molecule has 0 saturated heterocycles. The van der Waals surface area contributed by atoms with Gasteiger partial charge in [-0.1, -0.05) is 6.07 Å². The maximum absolute atomic E-state index is 12.4. The molecular weight excluding hydrogens is 276 g/mol. The molecule has 0 saturated carbocycles. The molecule has 0 radical (unpaired) electrons. The number of fused-ring (bicyclic) bond motifs is 2. The number of aromatic amines is 1. The fourth-order valence-electron chi connectivity index (χ4n) is 3.09. The first-order chi connectivity index (χ1) is 10.5. The van der Waals surface area contributed by atoms with Crippen molar-refractivity contribution >= 4 is 22.6 Å². The SMILES string of the molecule is CN1C(=O)C(C)(C)c2cc3nc(-c4ccccn4)[nH]c3cc21. The second-order valence-electron chi connectivity index (χ2n) is 6.18. The topological polar surface area (TPSA) is 61.9 Å². The van der Waals surface area contributed by atoms with Crippen LogP contribution in [-0.4, -0.2) is 27.9 Å². The zero-order valence-electron chi connectivity index (χ0n) is 12.7. The molecule has 1 amide bonds. The molecule has 0 bridgehead atoms. The van der Waals surface area contributed by atoms with Crippen LogP contribution in [0.25, 0.3) is 22.6 Å². The number of carbonyl (C=O) groups excluding carboxylic acids is 1. The number of pyridine rings is 1. The summed E-state index contributed by atoms with van der Waals surface area (Å²) in [7, 11) is 1.82. The fraction of sp³-hybridized carbons (Fsp3) is 0.235. The summed E-state index contributed by atoms with van der Waals surface area (Å²) >= 11 is 0. The fourth-order valence-corrected chi connectivity index (χ4v) is 3.09. The Hall–Kier alpha value is -2.69. The molecule has 0 atom stereocenters. The number of H-pyrrole nitrogens is 1. The molecule has 0 aliphatic carbocycles. The molecule has 5 heteroatoms. The number of hydrogen-bond acceptors (Lipinski definition) is 3. The minimum Gasteiger partial charge on any atom is -0.337 e. The molecule has 5 nitrogen and oxygen atoms in total. The van der Waals surface area contributed by atoms with Crippen LogP contribution in [0, 0.1) is 0 Å². The molecule has 3 heterocycles. The molecule has 1 aliphatic rings. The summed E-state index contributed by atoms with van der Waals surface area (Å²) in [6, 6.07) is 9.74. The lowest BCUT2D eigenvalue weighted by atomic mass is 9.86. The molecule has 3 aromatic rings. The summed E-state index contributed by atoms with van der Waals surface area (Å²) < 4.78 is 0. The van der Waals surface area contributed by atoms with Crippen LogP contribution in [0.5, 0.6) is 0 Å². The number of imidazole rings is 1. The highest BCUT2D eigenvalue weighted by molar-refractivity contribution is 6.09. The summed E-state index contributed by atoms with van der Waals surface area (Å²) in [5.41, 5.74) is 4.03. The molecule has 0 spiro atoms. The van der Waals surface area contributed by atoms with Gasteiger partial charge in [0.1, 0.15) is 5.69 Å². The van der Waals surface area contributed by atoms with Gasteiger partial charge in [0.2, 0.25) is 5.91 Å². The van der Waals surface area contributed by atoms with Crippen LogP contribution in [0.15, 0.2) is 36.5 Å². The van der Waals surface area contributed by atoms with Crippen LogP contribution in [0.3, 0.4) is 0 Å². The number of rotatable bonds is 1. The van der Waals surface area contributed by atoms with Crippen LogP contribution >= 0.6 is 0 Å². The van der Waals surface area contributed by atoms with E-state index in [4.69, 9.17) is 0 Å². The van der Waals surface area contributed by atoms with Crippen molar-refractivity contribution in [2.45, 2.75) is 19.3 Å². The summed E-state index contributed by atoms with van der Waals surface area (Å²) in [6.45, 7) is 3.91. The summed E-state index contributed by atoms with van der Waals surface area (Å²) in [6.07, 6.45) is 1.75. The van der Waals surface area contributed by atoms with Gasteiger partial charge >= 0.3 is 0 Å². The normalized spacial score (nSPS) is 16.3. The van der Waals surface area contributed by atoms with Crippen molar-refractivity contribution in [3.8, 4) is 11.5 Å². The van der Waals surface area contributed by atoms with E-state index in [1.54, 1.807) is 11.1 Å². The average molecular weight is 292 g/mol. The third-order valence-corrected chi connectivity index (χ3v) is 4.38. The second kappa shape index (κ2) is 4.16. The van der Waals surface area contributed by atoms with Gasteiger partial charge < -0.3 is 9.88 Å². The molecular formula is C17H16N4O. The zero-order chi connectivity index (χ0) is 15.5. The van der Waals surface area contributed by atoms with E-state index in [0.717, 1.165) is 33.8 Å². The van der Waals surface area contributed by atoms with Gasteiger partial charge in [0.05, 0.1) is 16.4 Å². The van der Waals surface area contributed by atoms with Crippen molar-refractivity contribution < 1.29 is 4.79 Å². The van der Waals surface area contributed by atoms with Gasteiger partial charge in [0.25, 0.3) is 0 Å². The number of hydrogen-bond donors (Lipinski definition) is 1. The predicted molar refractivity (Wildman–Crippen MR) is 85.8 cm³/mol. The van der Waals surface area contributed by atoms with Crippen molar-refractivity contribution in [2.24, 2.45) is 0 Å². The Kier molecular flexibility index (Phi) is 2.46. The Balaban J connectivity index is 1.93. The molecule has 1 aliphatic heterocycles. The number of benzene rings is 1. The van der Waals surface area contributed by atoms with E-state index >= 15 is 0 Å². The van der Waals surface area contributed by atoms with Crippen LogP contribution in [-0.2, 0) is 10.2 Å². The van der Waals surface area contributed by atoms with Crippen LogP contribution in [0.1, 0.15) is 19.4 Å². The summed E-state index contributed by atoms with van der Waals surface area (Å²) in [5.74, 6) is 0.853. The molecule has 0 unspecified atom stereocenters. The smallest absolute Gasteiger partial charge is 0.236 e. The van der Waals surface area contributed by atoms with Gasteiger partial charge in [-0.25, -0.2) is 4.98 Å². The molecule has 1 aromatic carbocycles. The first-order valence-corrected chi connectivity index (χ1v) is 7.22. The number of carbonyl (C=O) groups is 1. The Morgan fingerprint density at radius 1 is 1.23 bits per heavy atom. The highest BCUT2D eigenvalue weighted by Crippen LogP contribution is 2.42. The highest BCUT2D eigenvalue weighted by Gasteiger charge is 2.42. The second-order valence-corrected chi connectivity index (χ2v) is 6.18. The number of anilines is 1. The maximum atomic E-state index is 12.4. The minimum atomic E-state index is -0.512. The Labute approximate surface area is 128 Å². The van der Waals surface area contributed by atoms with E-state index in [9.17, 15) is 4.79 Å². The van der Waals surface area contributed by atoms with Crippen molar-refractivity contribution in [1.29, 1.82) is 0 Å². The number of likely N-dealkylation sites (N-methyl/N-ethyl adjacent to an activating group) is 1. The van der Waals surface area contributed by atoms with Crippen LogP contribution in [0.4, 0.5) is 5.69 Å². The summed E-state index contributed by atoms with van der Waals surface area (Å²) in [5, 5.41) is 0. The number of aromatic nitrogens is 3. The van der Waals surface area contributed by atoms with E-state index in [-0.39, 0.29) is 5.91 Å². The lowest BCUT2D eigenvalue weighted by Crippen LogP contribution is -2.33. The van der Waals surface area contributed by atoms with Crippen molar-refractivity contribution in [2.75, 3.05) is 11.9 Å². The number of nitrogens with one attached hydrogen (secondary N) is 1. The van der Waals surface area contributed by atoms with Gasteiger partial charge in [0.15, 0.2) is 5.82 Å². The Morgan fingerprint density at radius 3 is 2.77 bits per heavy atom. The number of amides is 1. The van der Waals surface area contributed by atoms with Gasteiger partial charge in [-0.15, -0.1) is 0 Å². The molecule has 4 rings (SSSR count). The molecule has 22 heavy (non-hydrogen) atoms. The van der Waals surface area contributed by atoms with Crippen LogP contribution < -0.4 is 4.90 Å². The standard InChI is InChI=1S/C17H16N4O/c1-17(2)10-8-12-13(9-14(10)21(3)16(17)22)20-15(19-12)11-6-4-5-7-18-11/h4-9H,1-3H3,(H,19,20). The Morgan fingerprint density at radius 2 is 2.05 bits per heavy atom. The van der Waals surface area contributed by atoms with Gasteiger partial charge in [-0.3, -0.25) is 9.78 Å². The molecule has 1 N–H and O–H groups in total. The quantitative estimate of drug-likeness (QED) is 0.750. The first kappa shape index (κ1) is 13.0. The average Bonchev–Trinajstić information content (AvgIpc) is 3.01. The van der Waals surface area contributed by atoms with Crippen molar-refractivity contribution in [1.82, 2.24) is 15.0 Å². The highest BCUT2D eigenvalue weighted by atomic mass is 16.2. The summed E-state index contributed by atoms with van der Waals surface area (Å²) in [4.78, 5) is 26.3. The van der Waals surface area contributed by atoms with E-state index in [1.165, 1.54) is 0 Å². The van der Waals surface area contributed by atoms with Crippen LogP contribution in [0.2, 0.25) is 0 Å². The lowest BCUT2D eigenvalue weighted by molar-refractivity contribution is -0.121. The molecule has 110 valence electrons.